The molecule has 0 unspecified atom stereocenters. The van der Waals surface area contributed by atoms with Gasteiger partial charge in [-0.2, -0.15) is 13.2 Å². The molecule has 0 radical (unpaired) electrons. The van der Waals surface area contributed by atoms with E-state index in [1.807, 2.05) is 6.07 Å². The maximum Gasteiger partial charge on any atom is 0.411 e. The molecule has 9 heteroatoms. The largest absolute Gasteiger partial charge is 0.411 e. The first kappa shape index (κ1) is 21.2. The zero-order chi connectivity index (χ0) is 22.5. The number of alkyl halides is 3. The Morgan fingerprint density at radius 3 is 2.53 bits per heavy atom. The van der Waals surface area contributed by atoms with Gasteiger partial charge in [-0.3, -0.25) is 9.88 Å². The quantitative estimate of drug-likeness (QED) is 0.359. The number of hydrogen-bond donors (Lipinski definition) is 1. The van der Waals surface area contributed by atoms with Gasteiger partial charge in [-0.05, 0) is 79.9 Å². The van der Waals surface area contributed by atoms with Crippen LogP contribution in [-0.2, 0) is 0 Å². The van der Waals surface area contributed by atoms with Crippen molar-refractivity contribution < 1.29 is 17.6 Å². The molecule has 0 aliphatic carbocycles. The van der Waals surface area contributed by atoms with Gasteiger partial charge >= 0.3 is 6.18 Å². The van der Waals surface area contributed by atoms with Crippen molar-refractivity contribution in [2.45, 2.75) is 31.0 Å². The zero-order valence-electron chi connectivity index (χ0n) is 16.8. The first-order valence-corrected chi connectivity index (χ1v) is 10.7. The molecule has 166 valence electrons. The van der Waals surface area contributed by atoms with Gasteiger partial charge in [-0.1, -0.05) is 11.6 Å². The second kappa shape index (κ2) is 8.01. The van der Waals surface area contributed by atoms with E-state index in [0.717, 1.165) is 5.56 Å². The summed E-state index contributed by atoms with van der Waals surface area (Å²) >= 11 is 5.96. The number of pyridine rings is 1. The van der Waals surface area contributed by atoms with Crippen molar-refractivity contribution in [1.82, 2.24) is 19.9 Å². The Hall–Kier alpha value is -2.71. The molecule has 1 aliphatic heterocycles. The molecule has 5 rings (SSSR count). The summed E-state index contributed by atoms with van der Waals surface area (Å²) in [4.78, 5) is 12.7. The highest BCUT2D eigenvalue weighted by molar-refractivity contribution is 6.31. The van der Waals surface area contributed by atoms with Gasteiger partial charge in [0.05, 0.1) is 16.6 Å². The van der Waals surface area contributed by atoms with Crippen LogP contribution >= 0.6 is 11.6 Å². The lowest BCUT2D eigenvalue weighted by Crippen LogP contribution is -2.43. The molecule has 2 aromatic heterocycles. The Bertz CT molecular complexity index is 1280. The number of benzene rings is 2. The fraction of sp³-hybridized carbons (Fsp3) is 0.304. The molecule has 2 aromatic carbocycles. The lowest BCUT2D eigenvalue weighted by atomic mass is 9.87. The molecule has 1 aliphatic rings. The van der Waals surface area contributed by atoms with E-state index in [0.29, 0.717) is 39.8 Å². The van der Waals surface area contributed by atoms with Crippen molar-refractivity contribution in [3.05, 3.63) is 70.9 Å². The van der Waals surface area contributed by atoms with E-state index >= 15 is 0 Å². The molecule has 1 atom stereocenters. The maximum atomic E-state index is 14.1. The van der Waals surface area contributed by atoms with Crippen molar-refractivity contribution in [2.24, 2.45) is 0 Å². The van der Waals surface area contributed by atoms with Gasteiger partial charge in [0.2, 0.25) is 0 Å². The van der Waals surface area contributed by atoms with E-state index < -0.39 is 12.2 Å². The van der Waals surface area contributed by atoms with Crippen LogP contribution in [0.5, 0.6) is 0 Å². The van der Waals surface area contributed by atoms with Gasteiger partial charge in [-0.15, -0.1) is 0 Å². The highest BCUT2D eigenvalue weighted by Crippen LogP contribution is 2.41. The molecule has 4 aromatic rings. The average molecular weight is 463 g/mol. The SMILES string of the molecule is Fc1ccc2nccc(C3CCN([C@@H](c4nc5ccc(Cl)cc5[nH]4)C(F)(F)F)CC3)c2c1. The van der Waals surface area contributed by atoms with E-state index in [4.69, 9.17) is 11.6 Å². The molecule has 0 bridgehead atoms. The fourth-order valence-electron chi connectivity index (χ4n) is 4.63. The van der Waals surface area contributed by atoms with Crippen LogP contribution in [-0.4, -0.2) is 39.1 Å². The summed E-state index contributed by atoms with van der Waals surface area (Å²) in [6.45, 7) is 0.484. The first-order valence-electron chi connectivity index (χ1n) is 10.3. The second-order valence-electron chi connectivity index (χ2n) is 8.10. The van der Waals surface area contributed by atoms with Gasteiger partial charge in [0, 0.05) is 16.6 Å². The van der Waals surface area contributed by atoms with Crippen LogP contribution in [0.2, 0.25) is 5.02 Å². The van der Waals surface area contributed by atoms with Gasteiger partial charge in [0.25, 0.3) is 0 Å². The van der Waals surface area contributed by atoms with Crippen LogP contribution in [0.15, 0.2) is 48.7 Å². The third-order valence-electron chi connectivity index (χ3n) is 6.10. The monoisotopic (exact) mass is 462 g/mol. The standard InChI is InChI=1S/C23H19ClF4N4/c24-14-1-3-19-20(11-14)31-22(30-19)21(23(26,27)28)32-9-6-13(7-10-32)16-5-8-29-18-4-2-15(25)12-17(16)18/h1-5,8,11-13,21H,6-7,9-10H2,(H,30,31)/t21-/m0/s1. The molecular weight excluding hydrogens is 444 g/mol. The highest BCUT2D eigenvalue weighted by atomic mass is 35.5. The van der Waals surface area contributed by atoms with Gasteiger partial charge in [0.1, 0.15) is 11.6 Å². The second-order valence-corrected chi connectivity index (χ2v) is 8.54. The number of nitrogens with zero attached hydrogens (tertiary/aromatic N) is 3. The molecule has 32 heavy (non-hydrogen) atoms. The summed E-state index contributed by atoms with van der Waals surface area (Å²) in [6, 6.07) is 9.21. The van der Waals surface area contributed by atoms with Gasteiger partial charge < -0.3 is 4.98 Å². The minimum atomic E-state index is -4.49. The Balaban J connectivity index is 1.41. The predicted octanol–water partition coefficient (Wildman–Crippen LogP) is 6.39. The van der Waals surface area contributed by atoms with E-state index in [2.05, 4.69) is 15.0 Å². The van der Waals surface area contributed by atoms with Crippen LogP contribution in [0.4, 0.5) is 17.6 Å². The van der Waals surface area contributed by atoms with Crippen molar-refractivity contribution in [3.8, 4) is 0 Å². The lowest BCUT2D eigenvalue weighted by molar-refractivity contribution is -0.191. The van der Waals surface area contributed by atoms with Crippen LogP contribution in [0.1, 0.15) is 36.2 Å². The average Bonchev–Trinajstić information content (AvgIpc) is 3.15. The highest BCUT2D eigenvalue weighted by Gasteiger charge is 2.47. The smallest absolute Gasteiger partial charge is 0.340 e. The van der Waals surface area contributed by atoms with Gasteiger partial charge in [-0.25, -0.2) is 9.37 Å². The number of nitrogens with one attached hydrogen (secondary N) is 1. The molecule has 4 nitrogen and oxygen atoms in total. The molecule has 1 saturated heterocycles. The Morgan fingerprint density at radius 2 is 1.78 bits per heavy atom. The van der Waals surface area contributed by atoms with Crippen molar-refractivity contribution in [1.29, 1.82) is 0 Å². The van der Waals surface area contributed by atoms with E-state index in [1.165, 1.54) is 17.0 Å². The Morgan fingerprint density at radius 1 is 1.03 bits per heavy atom. The zero-order valence-corrected chi connectivity index (χ0v) is 17.6. The molecule has 3 heterocycles. The van der Waals surface area contributed by atoms with Crippen molar-refractivity contribution in [3.63, 3.8) is 0 Å². The number of hydrogen-bond acceptors (Lipinski definition) is 3. The fourth-order valence-corrected chi connectivity index (χ4v) is 4.80. The predicted molar refractivity (Wildman–Crippen MR) is 115 cm³/mol. The molecule has 0 amide bonds. The third-order valence-corrected chi connectivity index (χ3v) is 6.34. The molecule has 1 N–H and O–H groups in total. The molecule has 1 fully saturated rings. The molecule has 0 spiro atoms. The number of likely N-dealkylation sites (tertiary alicyclic amines) is 1. The number of imidazole rings is 1. The normalized spacial score (nSPS) is 17.3. The summed E-state index contributed by atoms with van der Waals surface area (Å²) in [5.74, 6) is -0.460. The first-order chi connectivity index (χ1) is 15.3. The number of aromatic nitrogens is 3. The molecular formula is C23H19ClF4N4. The van der Waals surface area contributed by atoms with Crippen molar-refractivity contribution >= 4 is 33.5 Å². The van der Waals surface area contributed by atoms with Crippen LogP contribution in [0.3, 0.4) is 0 Å². The molecule has 0 saturated carbocycles. The number of fused-ring (bicyclic) bond motifs is 2. The van der Waals surface area contributed by atoms with Crippen LogP contribution < -0.4 is 0 Å². The summed E-state index contributed by atoms with van der Waals surface area (Å²) in [5, 5.41) is 1.14. The Labute approximate surface area is 186 Å². The number of H-pyrrole nitrogens is 1. The summed E-state index contributed by atoms with van der Waals surface area (Å²) in [5.41, 5.74) is 2.53. The minimum absolute atomic E-state index is 0.0295. The maximum absolute atomic E-state index is 14.1. The van der Waals surface area contributed by atoms with E-state index in [1.54, 1.807) is 30.5 Å². The summed E-state index contributed by atoms with van der Waals surface area (Å²) < 4.78 is 56.1. The van der Waals surface area contributed by atoms with Crippen LogP contribution in [0, 0.1) is 5.82 Å². The number of halogens is 5. The number of aromatic amines is 1. The van der Waals surface area contributed by atoms with E-state index in [-0.39, 0.29) is 30.6 Å². The third kappa shape index (κ3) is 3.93. The lowest BCUT2D eigenvalue weighted by Gasteiger charge is -2.37. The van der Waals surface area contributed by atoms with E-state index in [9.17, 15) is 17.6 Å². The topological polar surface area (TPSA) is 44.8 Å². The van der Waals surface area contributed by atoms with Crippen LogP contribution in [0.25, 0.3) is 21.9 Å². The van der Waals surface area contributed by atoms with Gasteiger partial charge in [0.15, 0.2) is 6.04 Å². The minimum Gasteiger partial charge on any atom is -0.340 e. The number of rotatable bonds is 3. The number of piperidine rings is 1. The Kier molecular flexibility index (Phi) is 5.29. The van der Waals surface area contributed by atoms with Crippen molar-refractivity contribution in [2.75, 3.05) is 13.1 Å². The summed E-state index contributed by atoms with van der Waals surface area (Å²) in [7, 11) is 0. The summed E-state index contributed by atoms with van der Waals surface area (Å²) in [6.07, 6.45) is -1.78.